The van der Waals surface area contributed by atoms with Crippen LogP contribution in [0.1, 0.15) is 27.9 Å². The zero-order valence-electron chi connectivity index (χ0n) is 6.83. The van der Waals surface area contributed by atoms with E-state index >= 15 is 0 Å². The normalized spacial score (nSPS) is 9.69. The molecule has 0 amide bonds. The second kappa shape index (κ2) is 4.18. The van der Waals surface area contributed by atoms with Gasteiger partial charge in [-0.2, -0.15) is 0 Å². The molecule has 1 N–H and O–H groups in total. The lowest BCUT2D eigenvalue weighted by molar-refractivity contribution is 0.0518. The van der Waals surface area contributed by atoms with Crippen LogP contribution in [-0.4, -0.2) is 28.8 Å². The highest BCUT2D eigenvalue weighted by Gasteiger charge is 2.16. The van der Waals surface area contributed by atoms with Crippen molar-refractivity contribution in [1.82, 2.24) is 9.97 Å². The van der Waals surface area contributed by atoms with E-state index in [1.54, 1.807) is 6.92 Å². The Morgan fingerprint density at radius 2 is 2.46 bits per heavy atom. The lowest BCUT2D eigenvalue weighted by Gasteiger charge is -1.96. The number of carbonyl (C=O) groups is 2. The molecule has 1 aromatic rings. The Kier molecular flexibility index (Phi) is 3.18. The second-order valence-corrected chi connectivity index (χ2v) is 2.88. The minimum absolute atomic E-state index is 0.00345. The van der Waals surface area contributed by atoms with Crippen LogP contribution in [-0.2, 0) is 4.74 Å². The molecular formula is C7H7BrN2O3. The van der Waals surface area contributed by atoms with E-state index in [1.165, 1.54) is 0 Å². The molecule has 1 aromatic heterocycles. The monoisotopic (exact) mass is 246 g/mol. The molecule has 5 nitrogen and oxygen atoms in total. The molecule has 0 aliphatic rings. The fourth-order valence-electron chi connectivity index (χ4n) is 0.797. The minimum atomic E-state index is -0.605. The molecule has 6 heteroatoms. The maximum Gasteiger partial charge on any atom is 0.359 e. The molecule has 0 unspecified atom stereocenters. The zero-order chi connectivity index (χ0) is 9.84. The lowest BCUT2D eigenvalue weighted by atomic mass is 10.3. The predicted molar refractivity (Wildman–Crippen MR) is 47.6 cm³/mol. The van der Waals surface area contributed by atoms with Crippen LogP contribution in [0, 0.1) is 0 Å². The molecule has 0 saturated heterocycles. The Morgan fingerprint density at radius 1 is 1.77 bits per heavy atom. The van der Waals surface area contributed by atoms with Crippen LogP contribution in [0.5, 0.6) is 0 Å². The Hall–Kier alpha value is -1.17. The quantitative estimate of drug-likeness (QED) is 0.642. The predicted octanol–water partition coefficient (Wildman–Crippen LogP) is 1.16. The van der Waals surface area contributed by atoms with Gasteiger partial charge in [0.05, 0.1) is 6.61 Å². The van der Waals surface area contributed by atoms with Crippen molar-refractivity contribution in [3.05, 3.63) is 16.1 Å². The standard InChI is InChI=1S/C7H7BrN2O3/c1-2-13-6(12)5-4(3-11)9-7(8)10-5/h3H,2H2,1H3,(H,9,10). The molecule has 1 rings (SSSR count). The molecule has 1 heterocycles. The van der Waals surface area contributed by atoms with Gasteiger partial charge in [0.15, 0.2) is 16.7 Å². The smallest absolute Gasteiger partial charge is 0.359 e. The molecule has 0 aliphatic carbocycles. The fraction of sp³-hybridized carbons (Fsp3) is 0.286. The average Bonchev–Trinajstić information content (AvgIpc) is 2.47. The molecule has 0 fully saturated rings. The Balaban J connectivity index is 2.98. The molecule has 13 heavy (non-hydrogen) atoms. The third kappa shape index (κ3) is 2.15. The summed E-state index contributed by atoms with van der Waals surface area (Å²) in [5.74, 6) is -0.605. The first-order chi connectivity index (χ1) is 6.19. The van der Waals surface area contributed by atoms with Gasteiger partial charge < -0.3 is 9.72 Å². The first-order valence-corrected chi connectivity index (χ1v) is 4.36. The van der Waals surface area contributed by atoms with E-state index in [0.29, 0.717) is 11.0 Å². The molecule has 0 aliphatic heterocycles. The molecule has 0 saturated carbocycles. The number of aromatic amines is 1. The van der Waals surface area contributed by atoms with E-state index in [2.05, 4.69) is 30.6 Å². The maximum atomic E-state index is 11.2. The van der Waals surface area contributed by atoms with Gasteiger partial charge >= 0.3 is 5.97 Å². The fourth-order valence-corrected chi connectivity index (χ4v) is 1.19. The summed E-state index contributed by atoms with van der Waals surface area (Å²) in [6.45, 7) is 1.93. The second-order valence-electron chi connectivity index (χ2n) is 2.13. The van der Waals surface area contributed by atoms with Crippen molar-refractivity contribution in [2.75, 3.05) is 6.61 Å². The van der Waals surface area contributed by atoms with E-state index in [1.807, 2.05) is 0 Å². The number of aldehydes is 1. The summed E-state index contributed by atoms with van der Waals surface area (Å²) in [5, 5.41) is 0. The van der Waals surface area contributed by atoms with E-state index < -0.39 is 5.97 Å². The average molecular weight is 247 g/mol. The van der Waals surface area contributed by atoms with Crippen molar-refractivity contribution in [3.8, 4) is 0 Å². The number of ether oxygens (including phenoxy) is 1. The molecule has 0 bridgehead atoms. The highest BCUT2D eigenvalue weighted by Crippen LogP contribution is 2.10. The van der Waals surface area contributed by atoms with Crippen molar-refractivity contribution in [3.63, 3.8) is 0 Å². The van der Waals surface area contributed by atoms with E-state index in [9.17, 15) is 9.59 Å². The van der Waals surface area contributed by atoms with E-state index in [0.717, 1.165) is 0 Å². The van der Waals surface area contributed by atoms with Gasteiger partial charge in [-0.05, 0) is 22.9 Å². The number of nitrogens with one attached hydrogen (secondary N) is 1. The SMILES string of the molecule is CCOC(=O)c1nc(Br)[nH]c1C=O. The van der Waals surface area contributed by atoms with Gasteiger partial charge in [-0.15, -0.1) is 0 Å². The summed E-state index contributed by atoms with van der Waals surface area (Å²) in [4.78, 5) is 27.9. The number of carbonyl (C=O) groups excluding carboxylic acids is 2. The van der Waals surface area contributed by atoms with E-state index in [-0.39, 0.29) is 18.0 Å². The highest BCUT2D eigenvalue weighted by atomic mass is 79.9. The highest BCUT2D eigenvalue weighted by molar-refractivity contribution is 9.10. The minimum Gasteiger partial charge on any atom is -0.461 e. The molecule has 0 atom stereocenters. The van der Waals surface area contributed by atoms with Gasteiger partial charge in [-0.3, -0.25) is 4.79 Å². The van der Waals surface area contributed by atoms with E-state index in [4.69, 9.17) is 0 Å². The number of esters is 1. The molecular weight excluding hydrogens is 240 g/mol. The first-order valence-electron chi connectivity index (χ1n) is 3.56. The Bertz CT molecular complexity index is 334. The largest absolute Gasteiger partial charge is 0.461 e. The van der Waals surface area contributed by atoms with Gasteiger partial charge in [0.1, 0.15) is 5.69 Å². The van der Waals surface area contributed by atoms with Gasteiger partial charge in [-0.25, -0.2) is 9.78 Å². The van der Waals surface area contributed by atoms with Crippen LogP contribution < -0.4 is 0 Å². The van der Waals surface area contributed by atoms with Crippen LogP contribution in [0.2, 0.25) is 0 Å². The molecule has 0 aromatic carbocycles. The van der Waals surface area contributed by atoms with Crippen molar-refractivity contribution < 1.29 is 14.3 Å². The summed E-state index contributed by atoms with van der Waals surface area (Å²) >= 11 is 3.01. The number of hydrogen-bond donors (Lipinski definition) is 1. The number of rotatable bonds is 3. The van der Waals surface area contributed by atoms with Crippen LogP contribution >= 0.6 is 15.9 Å². The molecule has 70 valence electrons. The molecule has 0 radical (unpaired) electrons. The van der Waals surface area contributed by atoms with Gasteiger partial charge in [0.25, 0.3) is 0 Å². The number of hydrogen-bond acceptors (Lipinski definition) is 4. The van der Waals surface area contributed by atoms with Crippen molar-refractivity contribution in [1.29, 1.82) is 0 Å². The summed E-state index contributed by atoms with van der Waals surface area (Å²) in [6.07, 6.45) is 0.518. The van der Waals surface area contributed by atoms with Gasteiger partial charge in [-0.1, -0.05) is 0 Å². The third-order valence-electron chi connectivity index (χ3n) is 1.29. The summed E-state index contributed by atoms with van der Waals surface area (Å²) in [7, 11) is 0. The lowest BCUT2D eigenvalue weighted by Crippen LogP contribution is -2.07. The van der Waals surface area contributed by atoms with Gasteiger partial charge in [0.2, 0.25) is 0 Å². The maximum absolute atomic E-state index is 11.2. The van der Waals surface area contributed by atoms with Crippen LogP contribution in [0.15, 0.2) is 4.73 Å². The zero-order valence-corrected chi connectivity index (χ0v) is 8.42. The number of aromatic nitrogens is 2. The number of nitrogens with zero attached hydrogens (tertiary/aromatic N) is 1. The summed E-state index contributed by atoms with van der Waals surface area (Å²) in [5.41, 5.74) is 0.119. The van der Waals surface area contributed by atoms with Crippen molar-refractivity contribution in [2.24, 2.45) is 0 Å². The molecule has 0 spiro atoms. The Labute approximate surface area is 82.6 Å². The van der Waals surface area contributed by atoms with Crippen LogP contribution in [0.4, 0.5) is 0 Å². The number of H-pyrrole nitrogens is 1. The Morgan fingerprint density at radius 3 is 3.00 bits per heavy atom. The van der Waals surface area contributed by atoms with Crippen LogP contribution in [0.3, 0.4) is 0 Å². The third-order valence-corrected chi connectivity index (χ3v) is 1.67. The summed E-state index contributed by atoms with van der Waals surface area (Å²) in [6, 6.07) is 0. The number of imidazole rings is 1. The van der Waals surface area contributed by atoms with Crippen molar-refractivity contribution >= 4 is 28.2 Å². The topological polar surface area (TPSA) is 72.0 Å². The summed E-state index contributed by atoms with van der Waals surface area (Å²) < 4.78 is 5.01. The number of halogens is 1. The van der Waals surface area contributed by atoms with Crippen LogP contribution in [0.25, 0.3) is 0 Å². The first kappa shape index (κ1) is 9.91. The van der Waals surface area contributed by atoms with Gasteiger partial charge in [0, 0.05) is 0 Å². The van der Waals surface area contributed by atoms with Crippen molar-refractivity contribution in [2.45, 2.75) is 6.92 Å².